The molecule has 19 heavy (non-hydrogen) atoms. The first-order valence-electron chi connectivity index (χ1n) is 6.73. The van der Waals surface area contributed by atoms with Crippen LogP contribution in [0.5, 0.6) is 0 Å². The summed E-state index contributed by atoms with van der Waals surface area (Å²) in [4.78, 5) is 8.71. The van der Waals surface area contributed by atoms with Crippen molar-refractivity contribution in [3.63, 3.8) is 0 Å². The summed E-state index contributed by atoms with van der Waals surface area (Å²) < 4.78 is 10.8. The average molecular weight is 257 g/mol. The van der Waals surface area contributed by atoms with Gasteiger partial charge in [0.1, 0.15) is 0 Å². The van der Waals surface area contributed by atoms with Gasteiger partial charge in [-0.1, -0.05) is 11.2 Å². The Morgan fingerprint density at radius 2 is 2.26 bits per heavy atom. The zero-order chi connectivity index (χ0) is 12.7. The van der Waals surface area contributed by atoms with Gasteiger partial charge in [0.05, 0.1) is 6.61 Å². The summed E-state index contributed by atoms with van der Waals surface area (Å²) >= 11 is 0. The summed E-state index contributed by atoms with van der Waals surface area (Å²) in [6.45, 7) is 1.52. The lowest BCUT2D eigenvalue weighted by Crippen LogP contribution is -1.99. The highest BCUT2D eigenvalue weighted by molar-refractivity contribution is 5.28. The van der Waals surface area contributed by atoms with Crippen LogP contribution in [0.15, 0.2) is 29.0 Å². The molecule has 1 aliphatic carbocycles. The van der Waals surface area contributed by atoms with Gasteiger partial charge >= 0.3 is 0 Å². The topological polar surface area (TPSA) is 61.0 Å². The number of rotatable bonds is 3. The van der Waals surface area contributed by atoms with Gasteiger partial charge in [0.15, 0.2) is 5.82 Å². The fourth-order valence-electron chi connectivity index (χ4n) is 2.73. The monoisotopic (exact) mass is 257 g/mol. The minimum atomic E-state index is 0.313. The third-order valence-electron chi connectivity index (χ3n) is 3.97. The molecule has 2 aromatic rings. The maximum absolute atomic E-state index is 5.42. The molecule has 1 saturated heterocycles. The lowest BCUT2D eigenvalue weighted by atomic mass is 10.1. The van der Waals surface area contributed by atoms with E-state index in [4.69, 9.17) is 9.26 Å². The van der Waals surface area contributed by atoms with E-state index in [1.807, 2.05) is 12.3 Å². The van der Waals surface area contributed by atoms with E-state index in [0.717, 1.165) is 37.8 Å². The van der Waals surface area contributed by atoms with Crippen LogP contribution in [0, 0.1) is 0 Å². The molecule has 0 aromatic carbocycles. The quantitative estimate of drug-likeness (QED) is 0.843. The molecular weight excluding hydrogens is 242 g/mol. The Labute approximate surface area is 111 Å². The molecule has 2 fully saturated rings. The first-order valence-corrected chi connectivity index (χ1v) is 6.73. The molecule has 5 heteroatoms. The largest absolute Gasteiger partial charge is 0.381 e. The van der Waals surface area contributed by atoms with Gasteiger partial charge < -0.3 is 9.26 Å². The van der Waals surface area contributed by atoms with Crippen molar-refractivity contribution >= 4 is 0 Å². The van der Waals surface area contributed by atoms with Crippen molar-refractivity contribution < 1.29 is 9.26 Å². The number of aromatic nitrogens is 3. The predicted octanol–water partition coefficient (Wildman–Crippen LogP) is 2.24. The average Bonchev–Trinajstić information content (AvgIpc) is 2.90. The third kappa shape index (κ3) is 2.04. The van der Waals surface area contributed by atoms with Crippen molar-refractivity contribution in [1.29, 1.82) is 0 Å². The second kappa shape index (κ2) is 4.42. The molecular formula is C14H15N3O2. The maximum atomic E-state index is 5.42. The van der Waals surface area contributed by atoms with Crippen molar-refractivity contribution in [3.05, 3.63) is 41.8 Å². The Balaban J connectivity index is 1.49. The molecule has 2 aromatic heterocycles. The van der Waals surface area contributed by atoms with Crippen LogP contribution in [0.1, 0.15) is 47.9 Å². The van der Waals surface area contributed by atoms with Crippen LogP contribution in [0.2, 0.25) is 0 Å². The predicted molar refractivity (Wildman–Crippen MR) is 66.8 cm³/mol. The Morgan fingerprint density at radius 3 is 3.05 bits per heavy atom. The number of pyridine rings is 1. The van der Waals surface area contributed by atoms with E-state index < -0.39 is 0 Å². The standard InChI is InChI=1S/C14H15N3O2/c1-2-9(7-15-4-1)11-6-12(11)14-16-13(17-19-14)10-3-5-18-8-10/h1-2,4,7,10-12H,3,5-6,8H2/t10-,11+,12-/m1/s1. The molecule has 98 valence electrons. The van der Waals surface area contributed by atoms with Gasteiger partial charge in [-0.05, 0) is 30.4 Å². The van der Waals surface area contributed by atoms with Gasteiger partial charge in [-0.3, -0.25) is 4.98 Å². The first kappa shape index (κ1) is 11.1. The van der Waals surface area contributed by atoms with Gasteiger partial charge in [0, 0.05) is 30.8 Å². The Bertz CT molecular complexity index is 563. The van der Waals surface area contributed by atoms with Crippen molar-refractivity contribution in [3.8, 4) is 0 Å². The van der Waals surface area contributed by atoms with E-state index in [-0.39, 0.29) is 0 Å². The second-order valence-electron chi connectivity index (χ2n) is 5.29. The lowest BCUT2D eigenvalue weighted by molar-refractivity contribution is 0.192. The van der Waals surface area contributed by atoms with Crippen LogP contribution < -0.4 is 0 Å². The van der Waals surface area contributed by atoms with Crippen LogP contribution in [-0.2, 0) is 4.74 Å². The third-order valence-corrected chi connectivity index (χ3v) is 3.97. The molecule has 1 aliphatic heterocycles. The lowest BCUT2D eigenvalue weighted by Gasteiger charge is -1.98. The molecule has 3 heterocycles. The molecule has 0 unspecified atom stereocenters. The summed E-state index contributed by atoms with van der Waals surface area (Å²) in [5.41, 5.74) is 1.26. The number of nitrogens with zero attached hydrogens (tertiary/aromatic N) is 3. The molecule has 0 bridgehead atoms. The summed E-state index contributed by atoms with van der Waals surface area (Å²) in [6.07, 6.45) is 5.79. The summed E-state index contributed by atoms with van der Waals surface area (Å²) in [5, 5.41) is 4.11. The fourth-order valence-corrected chi connectivity index (χ4v) is 2.73. The second-order valence-corrected chi connectivity index (χ2v) is 5.29. The van der Waals surface area contributed by atoms with Crippen LogP contribution in [-0.4, -0.2) is 28.3 Å². The van der Waals surface area contributed by atoms with Gasteiger partial charge in [-0.15, -0.1) is 0 Å². The molecule has 1 saturated carbocycles. The highest BCUT2D eigenvalue weighted by Gasteiger charge is 2.44. The maximum Gasteiger partial charge on any atom is 0.230 e. The normalized spacial score (nSPS) is 29.6. The van der Waals surface area contributed by atoms with E-state index >= 15 is 0 Å². The van der Waals surface area contributed by atoms with Gasteiger partial charge in [0.25, 0.3) is 0 Å². The SMILES string of the molecule is c1cncc([C@@H]2C[C@H]2c2nc([C@@H]3CCOC3)no2)c1. The molecule has 0 amide bonds. The molecule has 4 rings (SSSR count). The Hall–Kier alpha value is -1.75. The number of hydrogen-bond acceptors (Lipinski definition) is 5. The van der Waals surface area contributed by atoms with Crippen molar-refractivity contribution in [2.24, 2.45) is 0 Å². The van der Waals surface area contributed by atoms with Crippen LogP contribution in [0.3, 0.4) is 0 Å². The van der Waals surface area contributed by atoms with Gasteiger partial charge in [-0.25, -0.2) is 0 Å². The molecule has 5 nitrogen and oxygen atoms in total. The van der Waals surface area contributed by atoms with Gasteiger partial charge in [-0.2, -0.15) is 4.98 Å². The van der Waals surface area contributed by atoms with Crippen LogP contribution >= 0.6 is 0 Å². The smallest absolute Gasteiger partial charge is 0.230 e. The first-order chi connectivity index (χ1) is 9.42. The summed E-state index contributed by atoms with van der Waals surface area (Å²) in [5.74, 6) is 2.75. The van der Waals surface area contributed by atoms with E-state index in [2.05, 4.69) is 21.2 Å². The molecule has 2 aliphatic rings. The fraction of sp³-hybridized carbons (Fsp3) is 0.500. The highest BCUT2D eigenvalue weighted by atomic mass is 16.5. The molecule has 3 atom stereocenters. The summed E-state index contributed by atoms with van der Waals surface area (Å²) in [6, 6.07) is 4.08. The number of hydrogen-bond donors (Lipinski definition) is 0. The van der Waals surface area contributed by atoms with Crippen LogP contribution in [0.4, 0.5) is 0 Å². The van der Waals surface area contributed by atoms with E-state index in [1.165, 1.54) is 5.56 Å². The highest BCUT2D eigenvalue weighted by Crippen LogP contribution is 2.53. The minimum absolute atomic E-state index is 0.313. The van der Waals surface area contributed by atoms with E-state index in [9.17, 15) is 0 Å². The molecule has 0 N–H and O–H groups in total. The van der Waals surface area contributed by atoms with Gasteiger partial charge in [0.2, 0.25) is 5.89 Å². The summed E-state index contributed by atoms with van der Waals surface area (Å²) in [7, 11) is 0. The van der Waals surface area contributed by atoms with Crippen molar-refractivity contribution in [1.82, 2.24) is 15.1 Å². The van der Waals surface area contributed by atoms with Crippen LogP contribution in [0.25, 0.3) is 0 Å². The zero-order valence-corrected chi connectivity index (χ0v) is 10.5. The number of ether oxygens (including phenoxy) is 1. The Morgan fingerprint density at radius 1 is 1.26 bits per heavy atom. The zero-order valence-electron chi connectivity index (χ0n) is 10.5. The Kier molecular flexibility index (Phi) is 2.58. The van der Waals surface area contributed by atoms with E-state index in [1.54, 1.807) is 6.20 Å². The van der Waals surface area contributed by atoms with Crippen molar-refractivity contribution in [2.45, 2.75) is 30.6 Å². The molecule has 0 radical (unpaired) electrons. The van der Waals surface area contributed by atoms with E-state index in [0.29, 0.717) is 17.8 Å². The minimum Gasteiger partial charge on any atom is -0.381 e. The van der Waals surface area contributed by atoms with Crippen molar-refractivity contribution in [2.75, 3.05) is 13.2 Å². The molecule has 0 spiro atoms.